The van der Waals surface area contributed by atoms with Crippen LogP contribution in [0.5, 0.6) is 0 Å². The van der Waals surface area contributed by atoms with Crippen LogP contribution in [0.1, 0.15) is 11.1 Å². The summed E-state index contributed by atoms with van der Waals surface area (Å²) < 4.78 is 1.98. The highest BCUT2D eigenvalue weighted by Crippen LogP contribution is 2.30. The minimum absolute atomic E-state index is 0.558. The number of hydrogen-bond acceptors (Lipinski definition) is 3. The molecule has 0 aliphatic rings. The van der Waals surface area contributed by atoms with Crippen molar-refractivity contribution in [2.75, 3.05) is 5.73 Å². The molecule has 3 aromatic rings. The van der Waals surface area contributed by atoms with Gasteiger partial charge in [-0.15, -0.1) is 11.8 Å². The summed E-state index contributed by atoms with van der Waals surface area (Å²) in [4.78, 5) is 1.04. The van der Waals surface area contributed by atoms with E-state index in [1.165, 1.54) is 0 Å². The smallest absolute Gasteiger partial charge is 0.102 e. The van der Waals surface area contributed by atoms with Crippen LogP contribution >= 0.6 is 23.4 Å². The maximum absolute atomic E-state index is 9.37. The Hall–Kier alpha value is -2.09. The predicted octanol–water partition coefficient (Wildman–Crippen LogP) is 4.34. The number of nitrogen functional groups attached to an aromatic ring is 1. The molecule has 0 saturated carbocycles. The molecule has 1 aromatic carbocycles. The van der Waals surface area contributed by atoms with E-state index in [2.05, 4.69) is 6.07 Å². The van der Waals surface area contributed by atoms with Gasteiger partial charge in [0.1, 0.15) is 6.07 Å². The highest BCUT2D eigenvalue weighted by atomic mass is 35.5. The average Bonchev–Trinajstić information content (AvgIpc) is 2.86. The number of nitrogens with zero attached hydrogens (tertiary/aromatic N) is 2. The molecule has 3 nitrogen and oxygen atoms in total. The van der Waals surface area contributed by atoms with E-state index in [4.69, 9.17) is 17.3 Å². The Kier molecular flexibility index (Phi) is 3.78. The van der Waals surface area contributed by atoms with E-state index in [0.29, 0.717) is 16.5 Å². The van der Waals surface area contributed by atoms with E-state index in [1.54, 1.807) is 17.8 Å². The third-order valence-electron chi connectivity index (χ3n) is 3.24. The minimum atomic E-state index is 0.558. The molecule has 3 rings (SSSR count). The summed E-state index contributed by atoms with van der Waals surface area (Å²) in [6.45, 7) is 0. The van der Waals surface area contributed by atoms with Gasteiger partial charge in [-0.2, -0.15) is 5.26 Å². The van der Waals surface area contributed by atoms with Crippen molar-refractivity contribution in [2.45, 2.75) is 10.6 Å². The van der Waals surface area contributed by atoms with Gasteiger partial charge in [-0.1, -0.05) is 17.7 Å². The number of fused-ring (bicyclic) bond motifs is 1. The van der Waals surface area contributed by atoms with Crippen LogP contribution in [0.4, 0.5) is 5.69 Å². The molecule has 2 N–H and O–H groups in total. The lowest BCUT2D eigenvalue weighted by molar-refractivity contribution is 1.18. The van der Waals surface area contributed by atoms with Crippen LogP contribution in [0, 0.1) is 11.3 Å². The molecule has 0 unspecified atom stereocenters. The Balaban J connectivity index is 1.88. The van der Waals surface area contributed by atoms with Crippen LogP contribution < -0.4 is 5.73 Å². The van der Waals surface area contributed by atoms with Gasteiger partial charge in [0, 0.05) is 23.0 Å². The van der Waals surface area contributed by atoms with Gasteiger partial charge in [0.2, 0.25) is 0 Å². The molecule has 0 amide bonds. The topological polar surface area (TPSA) is 54.2 Å². The van der Waals surface area contributed by atoms with E-state index >= 15 is 0 Å². The van der Waals surface area contributed by atoms with Crippen LogP contribution in [-0.4, -0.2) is 4.40 Å². The summed E-state index contributed by atoms with van der Waals surface area (Å²) in [5.74, 6) is 0.713. The van der Waals surface area contributed by atoms with Crippen molar-refractivity contribution in [2.24, 2.45) is 0 Å². The van der Waals surface area contributed by atoms with Crippen molar-refractivity contribution in [3.05, 3.63) is 64.9 Å². The summed E-state index contributed by atoms with van der Waals surface area (Å²) in [6.07, 6.45) is 3.95. The molecule has 0 radical (unpaired) electrons. The summed E-state index contributed by atoms with van der Waals surface area (Å²) >= 11 is 7.66. The Morgan fingerprint density at radius 3 is 2.90 bits per heavy atom. The van der Waals surface area contributed by atoms with Crippen LogP contribution in [0.2, 0.25) is 5.02 Å². The van der Waals surface area contributed by atoms with Gasteiger partial charge in [0.05, 0.1) is 21.8 Å². The number of hydrogen-bond donors (Lipinski definition) is 1. The quantitative estimate of drug-likeness (QED) is 0.578. The van der Waals surface area contributed by atoms with Crippen molar-refractivity contribution in [3.8, 4) is 6.07 Å². The lowest BCUT2D eigenvalue weighted by Crippen LogP contribution is -1.86. The van der Waals surface area contributed by atoms with Crippen molar-refractivity contribution in [1.29, 1.82) is 5.26 Å². The predicted molar refractivity (Wildman–Crippen MR) is 87.5 cm³/mol. The van der Waals surface area contributed by atoms with Crippen molar-refractivity contribution < 1.29 is 0 Å². The lowest BCUT2D eigenvalue weighted by atomic mass is 10.2. The highest BCUT2D eigenvalue weighted by molar-refractivity contribution is 7.98. The van der Waals surface area contributed by atoms with Gasteiger partial charge in [-0.25, -0.2) is 0 Å². The van der Waals surface area contributed by atoms with Crippen molar-refractivity contribution >= 4 is 34.6 Å². The zero-order chi connectivity index (χ0) is 14.8. The van der Waals surface area contributed by atoms with E-state index in [9.17, 15) is 5.26 Å². The van der Waals surface area contributed by atoms with Gasteiger partial charge in [-0.05, 0) is 35.9 Å². The first-order valence-electron chi connectivity index (χ1n) is 6.35. The minimum Gasteiger partial charge on any atom is -0.398 e. The Morgan fingerprint density at radius 2 is 2.14 bits per heavy atom. The van der Waals surface area contributed by atoms with Crippen LogP contribution in [0.3, 0.4) is 0 Å². The van der Waals surface area contributed by atoms with E-state index in [1.807, 2.05) is 47.1 Å². The largest absolute Gasteiger partial charge is 0.398 e. The number of benzene rings is 1. The third kappa shape index (κ3) is 2.71. The number of rotatable bonds is 3. The van der Waals surface area contributed by atoms with Gasteiger partial charge < -0.3 is 10.1 Å². The molecule has 0 bridgehead atoms. The molecule has 0 saturated heterocycles. The number of anilines is 1. The Morgan fingerprint density at radius 1 is 1.29 bits per heavy atom. The van der Waals surface area contributed by atoms with Gasteiger partial charge in [0.25, 0.3) is 0 Å². The molecule has 5 heteroatoms. The second kappa shape index (κ2) is 5.72. The Labute approximate surface area is 131 Å². The maximum atomic E-state index is 9.37. The third-order valence-corrected chi connectivity index (χ3v) is 4.61. The fourth-order valence-corrected chi connectivity index (χ4v) is 3.33. The molecular formula is C16H12ClN3S. The van der Waals surface area contributed by atoms with Crippen molar-refractivity contribution in [1.82, 2.24) is 4.40 Å². The fraction of sp³-hybridized carbons (Fsp3) is 0.0625. The van der Waals surface area contributed by atoms with E-state index in [-0.39, 0.29) is 0 Å². The number of nitriles is 1. The zero-order valence-corrected chi connectivity index (χ0v) is 12.7. The van der Waals surface area contributed by atoms with Crippen LogP contribution in [0.25, 0.3) is 5.52 Å². The molecule has 0 atom stereocenters. The monoisotopic (exact) mass is 313 g/mol. The zero-order valence-electron chi connectivity index (χ0n) is 11.1. The first-order chi connectivity index (χ1) is 10.2. The van der Waals surface area contributed by atoms with Crippen LogP contribution in [-0.2, 0) is 5.75 Å². The standard InChI is InChI=1S/C16H12ClN3S/c17-14-7-12(4-5-15(14)19)21-10-11-9-20-6-2-1-3-16(20)13(11)8-18/h1-7,9H,10,19H2. The number of thioether (sulfide) groups is 1. The van der Waals surface area contributed by atoms with Crippen molar-refractivity contribution in [3.63, 3.8) is 0 Å². The summed E-state index contributed by atoms with van der Waals surface area (Å²) in [5.41, 5.74) is 8.96. The highest BCUT2D eigenvalue weighted by Gasteiger charge is 2.10. The molecule has 21 heavy (non-hydrogen) atoms. The number of halogens is 1. The molecule has 0 aliphatic carbocycles. The number of nitrogens with two attached hydrogens (primary N) is 1. The van der Waals surface area contributed by atoms with Gasteiger partial charge in [-0.3, -0.25) is 0 Å². The van der Waals surface area contributed by atoms with Gasteiger partial charge >= 0.3 is 0 Å². The number of aromatic nitrogens is 1. The molecule has 2 heterocycles. The summed E-state index contributed by atoms with van der Waals surface area (Å²) in [6, 6.07) is 13.7. The SMILES string of the molecule is N#Cc1c(CSc2ccc(N)c(Cl)c2)cn2ccccc12. The fourth-order valence-electron chi connectivity index (χ4n) is 2.17. The first-order valence-corrected chi connectivity index (χ1v) is 7.72. The Bertz CT molecular complexity index is 848. The second-order valence-corrected chi connectivity index (χ2v) is 6.06. The summed E-state index contributed by atoms with van der Waals surface area (Å²) in [5, 5.41) is 9.93. The molecule has 2 aromatic heterocycles. The van der Waals surface area contributed by atoms with Gasteiger partial charge in [0.15, 0.2) is 0 Å². The van der Waals surface area contributed by atoms with E-state index < -0.39 is 0 Å². The molecule has 0 spiro atoms. The number of pyridine rings is 1. The average molecular weight is 314 g/mol. The second-order valence-electron chi connectivity index (χ2n) is 4.61. The lowest BCUT2D eigenvalue weighted by Gasteiger charge is -2.03. The summed E-state index contributed by atoms with van der Waals surface area (Å²) in [7, 11) is 0. The maximum Gasteiger partial charge on any atom is 0.102 e. The molecular weight excluding hydrogens is 302 g/mol. The molecule has 0 fully saturated rings. The van der Waals surface area contributed by atoms with Crippen LogP contribution in [0.15, 0.2) is 53.7 Å². The first kappa shape index (κ1) is 13.9. The van der Waals surface area contributed by atoms with E-state index in [0.717, 1.165) is 21.5 Å². The normalized spacial score (nSPS) is 10.7. The molecule has 104 valence electrons. The molecule has 0 aliphatic heterocycles.